The number of likely N-dealkylation sites (tertiary alicyclic amines) is 1. The summed E-state index contributed by atoms with van der Waals surface area (Å²) in [6.45, 7) is 0.775. The number of halogens is 3. The summed E-state index contributed by atoms with van der Waals surface area (Å²) < 4.78 is 50.4. The van der Waals surface area contributed by atoms with Gasteiger partial charge < -0.3 is 4.90 Å². The number of hydrogen-bond acceptors (Lipinski definition) is 3. The zero-order valence-corrected chi connectivity index (χ0v) is 12.6. The highest BCUT2D eigenvalue weighted by molar-refractivity contribution is 9.10. The van der Waals surface area contributed by atoms with Crippen LogP contribution in [0.5, 0.6) is 0 Å². The largest absolute Gasteiger partial charge is 0.338 e. The Morgan fingerprint density at radius 3 is 2.35 bits per heavy atom. The molecule has 1 amide bonds. The number of nitrogens with zero attached hydrogens (tertiary/aromatic N) is 1. The lowest BCUT2D eigenvalue weighted by molar-refractivity contribution is 0.0782. The molecule has 0 spiro atoms. The Hall–Kier alpha value is -1.06. The maximum absolute atomic E-state index is 14.2. The number of carbonyl (C=O) groups excluding carboxylic acids is 1. The number of benzene rings is 1. The summed E-state index contributed by atoms with van der Waals surface area (Å²) in [6, 6.07) is 0.728. The van der Waals surface area contributed by atoms with Crippen LogP contribution in [0, 0.1) is 11.6 Å². The number of carbonyl (C=O) groups is 1. The molecular formula is C11H11BrF2N2O3S. The lowest BCUT2D eigenvalue weighted by atomic mass is 10.1. The van der Waals surface area contributed by atoms with E-state index in [-0.39, 0.29) is 4.47 Å². The molecule has 2 rings (SSSR count). The highest BCUT2D eigenvalue weighted by Crippen LogP contribution is 2.30. The molecule has 1 saturated heterocycles. The second kappa shape index (κ2) is 5.38. The Morgan fingerprint density at radius 1 is 1.30 bits per heavy atom. The lowest BCUT2D eigenvalue weighted by Crippen LogP contribution is -2.30. The van der Waals surface area contributed by atoms with E-state index in [0.717, 1.165) is 18.9 Å². The van der Waals surface area contributed by atoms with Gasteiger partial charge in [0.25, 0.3) is 5.91 Å². The van der Waals surface area contributed by atoms with Crippen molar-refractivity contribution in [3.8, 4) is 0 Å². The molecule has 1 aromatic rings. The van der Waals surface area contributed by atoms with E-state index in [4.69, 9.17) is 5.14 Å². The molecule has 1 fully saturated rings. The van der Waals surface area contributed by atoms with Gasteiger partial charge in [0.2, 0.25) is 10.0 Å². The van der Waals surface area contributed by atoms with Crippen molar-refractivity contribution in [2.24, 2.45) is 5.14 Å². The van der Waals surface area contributed by atoms with Crippen LogP contribution in [0.2, 0.25) is 0 Å². The third kappa shape index (κ3) is 2.70. The fraction of sp³-hybridized carbons (Fsp3) is 0.364. The summed E-state index contributed by atoms with van der Waals surface area (Å²) in [7, 11) is -4.42. The van der Waals surface area contributed by atoms with Gasteiger partial charge in [-0.05, 0) is 34.8 Å². The Morgan fingerprint density at radius 2 is 1.85 bits per heavy atom. The van der Waals surface area contributed by atoms with Gasteiger partial charge in [-0.3, -0.25) is 4.79 Å². The van der Waals surface area contributed by atoms with Crippen LogP contribution in [0.3, 0.4) is 0 Å². The van der Waals surface area contributed by atoms with Crippen LogP contribution in [0.15, 0.2) is 15.4 Å². The van der Waals surface area contributed by atoms with E-state index < -0.39 is 38.0 Å². The molecule has 5 nitrogen and oxygen atoms in total. The second-order valence-electron chi connectivity index (χ2n) is 4.40. The van der Waals surface area contributed by atoms with Gasteiger partial charge in [0, 0.05) is 17.6 Å². The zero-order chi connectivity index (χ0) is 15.1. The van der Waals surface area contributed by atoms with Gasteiger partial charge in [0.05, 0.1) is 0 Å². The Balaban J connectivity index is 2.62. The van der Waals surface area contributed by atoms with Crippen molar-refractivity contribution in [1.82, 2.24) is 4.90 Å². The summed E-state index contributed by atoms with van der Waals surface area (Å²) >= 11 is 2.74. The Labute approximate surface area is 122 Å². The van der Waals surface area contributed by atoms with Crippen LogP contribution in [0.1, 0.15) is 23.2 Å². The van der Waals surface area contributed by atoms with Gasteiger partial charge in [-0.1, -0.05) is 0 Å². The first-order valence-electron chi connectivity index (χ1n) is 5.73. The lowest BCUT2D eigenvalue weighted by Gasteiger charge is -2.17. The van der Waals surface area contributed by atoms with Crippen LogP contribution in [0.4, 0.5) is 8.78 Å². The van der Waals surface area contributed by atoms with Crippen molar-refractivity contribution in [1.29, 1.82) is 0 Å². The zero-order valence-electron chi connectivity index (χ0n) is 10.2. The molecule has 1 heterocycles. The SMILES string of the molecule is NS(=O)(=O)c1c(Br)cc(F)c(C(=O)N2CCCC2)c1F. The molecule has 0 unspecified atom stereocenters. The van der Waals surface area contributed by atoms with Gasteiger partial charge in [-0.25, -0.2) is 22.3 Å². The second-order valence-corrected chi connectivity index (χ2v) is 6.76. The van der Waals surface area contributed by atoms with Crippen molar-refractivity contribution in [2.75, 3.05) is 13.1 Å². The van der Waals surface area contributed by atoms with Crippen LogP contribution in [-0.2, 0) is 10.0 Å². The summed E-state index contributed by atoms with van der Waals surface area (Å²) in [6.07, 6.45) is 1.49. The van der Waals surface area contributed by atoms with Crippen molar-refractivity contribution in [2.45, 2.75) is 17.7 Å². The minimum absolute atomic E-state index is 0.354. The molecule has 9 heteroatoms. The minimum Gasteiger partial charge on any atom is -0.338 e. The third-order valence-corrected chi connectivity index (χ3v) is 4.88. The van der Waals surface area contributed by atoms with E-state index in [1.807, 2.05) is 0 Å². The van der Waals surface area contributed by atoms with E-state index in [1.165, 1.54) is 4.90 Å². The average Bonchev–Trinajstić information content (AvgIpc) is 2.78. The van der Waals surface area contributed by atoms with Gasteiger partial charge in [-0.2, -0.15) is 0 Å². The van der Waals surface area contributed by atoms with Crippen molar-refractivity contribution in [3.63, 3.8) is 0 Å². The fourth-order valence-electron chi connectivity index (χ4n) is 2.11. The molecule has 1 aliphatic rings. The number of primary sulfonamides is 1. The van der Waals surface area contributed by atoms with E-state index in [0.29, 0.717) is 13.1 Å². The van der Waals surface area contributed by atoms with Crippen LogP contribution >= 0.6 is 15.9 Å². The molecule has 0 aromatic heterocycles. The molecule has 1 aromatic carbocycles. The first-order valence-corrected chi connectivity index (χ1v) is 8.07. The maximum Gasteiger partial charge on any atom is 0.259 e. The van der Waals surface area contributed by atoms with Crippen molar-refractivity contribution >= 4 is 31.9 Å². The summed E-state index contributed by atoms with van der Waals surface area (Å²) in [4.78, 5) is 12.4. The normalized spacial score (nSPS) is 15.7. The third-order valence-electron chi connectivity index (χ3n) is 3.02. The predicted molar refractivity (Wildman–Crippen MR) is 70.6 cm³/mol. The molecule has 1 aliphatic heterocycles. The first-order chi connectivity index (χ1) is 9.23. The first kappa shape index (κ1) is 15.3. The monoisotopic (exact) mass is 368 g/mol. The summed E-state index contributed by atoms with van der Waals surface area (Å²) in [5, 5.41) is 4.89. The molecule has 2 N–H and O–H groups in total. The molecule has 0 atom stereocenters. The number of hydrogen-bond donors (Lipinski definition) is 1. The number of nitrogens with two attached hydrogens (primary N) is 1. The van der Waals surface area contributed by atoms with Crippen molar-refractivity contribution in [3.05, 3.63) is 27.7 Å². The van der Waals surface area contributed by atoms with Crippen molar-refractivity contribution < 1.29 is 22.0 Å². The number of rotatable bonds is 2. The standard InChI is InChI=1S/C11H11BrF2N2O3S/c12-6-5-7(13)8(9(14)10(6)20(15,18)19)11(17)16-3-1-2-4-16/h5H,1-4H2,(H2,15,18,19). The van der Waals surface area contributed by atoms with Gasteiger partial charge in [-0.15, -0.1) is 0 Å². The summed E-state index contributed by atoms with van der Waals surface area (Å²) in [5.41, 5.74) is -0.890. The van der Waals surface area contributed by atoms with Gasteiger partial charge in [0.1, 0.15) is 16.3 Å². The van der Waals surface area contributed by atoms with Crippen LogP contribution < -0.4 is 5.14 Å². The highest BCUT2D eigenvalue weighted by atomic mass is 79.9. The topological polar surface area (TPSA) is 80.5 Å². The van der Waals surface area contributed by atoms with Gasteiger partial charge >= 0.3 is 0 Å². The average molecular weight is 369 g/mol. The Bertz CT molecular complexity index is 673. The molecule has 0 bridgehead atoms. The van der Waals surface area contributed by atoms with E-state index in [2.05, 4.69) is 15.9 Å². The molecule has 20 heavy (non-hydrogen) atoms. The van der Waals surface area contributed by atoms with E-state index >= 15 is 0 Å². The van der Waals surface area contributed by atoms with E-state index in [1.54, 1.807) is 0 Å². The minimum atomic E-state index is -4.42. The Kier molecular flexibility index (Phi) is 4.12. The molecule has 0 radical (unpaired) electrons. The van der Waals surface area contributed by atoms with Gasteiger partial charge in [0.15, 0.2) is 5.82 Å². The molecule has 110 valence electrons. The summed E-state index contributed by atoms with van der Waals surface area (Å²) in [5.74, 6) is -3.45. The number of sulfonamides is 1. The smallest absolute Gasteiger partial charge is 0.259 e. The quantitative estimate of drug-likeness (QED) is 0.860. The van der Waals surface area contributed by atoms with Crippen LogP contribution in [-0.4, -0.2) is 32.3 Å². The maximum atomic E-state index is 14.2. The fourth-order valence-corrected chi connectivity index (χ4v) is 3.84. The molecule has 0 aliphatic carbocycles. The molecular weight excluding hydrogens is 358 g/mol. The van der Waals surface area contributed by atoms with E-state index in [9.17, 15) is 22.0 Å². The predicted octanol–water partition coefficient (Wildman–Crippen LogP) is 1.61. The van der Waals surface area contributed by atoms with Crippen LogP contribution in [0.25, 0.3) is 0 Å². The molecule has 0 saturated carbocycles. The highest BCUT2D eigenvalue weighted by Gasteiger charge is 2.31. The number of amides is 1.